The van der Waals surface area contributed by atoms with Crippen LogP contribution in [0.4, 0.5) is 0 Å². The molecule has 102 valence electrons. The van der Waals surface area contributed by atoms with Crippen molar-refractivity contribution in [1.82, 2.24) is 5.32 Å². The van der Waals surface area contributed by atoms with Crippen LogP contribution in [0.15, 0.2) is 22.7 Å². The molecular weight excluding hydrogens is 324 g/mol. The van der Waals surface area contributed by atoms with Gasteiger partial charge >= 0.3 is 0 Å². The Labute approximate surface area is 127 Å². The number of amides is 1. The third-order valence-electron chi connectivity index (χ3n) is 3.65. The third kappa shape index (κ3) is 2.98. The van der Waals surface area contributed by atoms with Gasteiger partial charge in [-0.05, 0) is 47.8 Å². The van der Waals surface area contributed by atoms with E-state index in [9.17, 15) is 4.79 Å². The standard InChI is InChI=1S/C14H17BrN2OS/c1-9-4-5-11(15)10(8-9)12(18)17-14(13(16)19)6-2-3-7-14/h4-5,8H,2-3,6-7H2,1H3,(H2,16,19)(H,17,18). The SMILES string of the molecule is Cc1ccc(Br)c(C(=O)NC2(C(N)=S)CCCC2)c1. The van der Waals surface area contributed by atoms with Crippen LogP contribution in [-0.4, -0.2) is 16.4 Å². The van der Waals surface area contributed by atoms with E-state index in [0.717, 1.165) is 35.7 Å². The molecule has 3 nitrogen and oxygen atoms in total. The minimum Gasteiger partial charge on any atom is -0.391 e. The number of hydrogen-bond acceptors (Lipinski definition) is 2. The molecule has 0 bridgehead atoms. The average Bonchev–Trinajstić information content (AvgIpc) is 2.82. The molecule has 0 aliphatic heterocycles. The number of benzene rings is 1. The van der Waals surface area contributed by atoms with Crippen LogP contribution in [0.2, 0.25) is 0 Å². The van der Waals surface area contributed by atoms with Crippen molar-refractivity contribution in [2.45, 2.75) is 38.1 Å². The maximum absolute atomic E-state index is 12.4. The smallest absolute Gasteiger partial charge is 0.253 e. The van der Waals surface area contributed by atoms with Crippen LogP contribution in [0.3, 0.4) is 0 Å². The monoisotopic (exact) mass is 340 g/mol. The summed E-state index contributed by atoms with van der Waals surface area (Å²) in [6.07, 6.45) is 3.76. The molecule has 2 rings (SSSR count). The number of thiocarbonyl (C=S) groups is 1. The van der Waals surface area contributed by atoms with Crippen LogP contribution < -0.4 is 11.1 Å². The van der Waals surface area contributed by atoms with Gasteiger partial charge < -0.3 is 11.1 Å². The molecule has 1 aliphatic rings. The van der Waals surface area contributed by atoms with E-state index >= 15 is 0 Å². The summed E-state index contributed by atoms with van der Waals surface area (Å²) in [6, 6.07) is 5.70. The summed E-state index contributed by atoms with van der Waals surface area (Å²) in [5.41, 5.74) is 7.00. The zero-order chi connectivity index (χ0) is 14.0. The predicted molar refractivity (Wildman–Crippen MR) is 84.3 cm³/mol. The molecular formula is C14H17BrN2OS. The van der Waals surface area contributed by atoms with Gasteiger partial charge in [0.2, 0.25) is 0 Å². The largest absolute Gasteiger partial charge is 0.391 e. The van der Waals surface area contributed by atoms with Crippen LogP contribution >= 0.6 is 28.1 Å². The van der Waals surface area contributed by atoms with E-state index in [1.807, 2.05) is 25.1 Å². The van der Waals surface area contributed by atoms with Crippen molar-refractivity contribution < 1.29 is 4.79 Å². The third-order valence-corrected chi connectivity index (χ3v) is 4.73. The van der Waals surface area contributed by atoms with Crippen molar-refractivity contribution in [3.8, 4) is 0 Å². The van der Waals surface area contributed by atoms with Crippen LogP contribution in [0.5, 0.6) is 0 Å². The Hall–Kier alpha value is -0.940. The number of rotatable bonds is 3. The average molecular weight is 341 g/mol. The first-order valence-electron chi connectivity index (χ1n) is 6.33. The first kappa shape index (κ1) is 14.5. The highest BCUT2D eigenvalue weighted by molar-refractivity contribution is 9.10. The first-order valence-corrected chi connectivity index (χ1v) is 7.53. The number of nitrogens with two attached hydrogens (primary N) is 1. The Morgan fingerprint density at radius 2 is 2.05 bits per heavy atom. The number of hydrogen-bond donors (Lipinski definition) is 2. The van der Waals surface area contributed by atoms with Gasteiger partial charge in [0.15, 0.2) is 0 Å². The highest BCUT2D eigenvalue weighted by Crippen LogP contribution is 2.31. The molecule has 19 heavy (non-hydrogen) atoms. The molecule has 0 spiro atoms. The molecule has 0 unspecified atom stereocenters. The molecule has 0 atom stereocenters. The molecule has 1 fully saturated rings. The molecule has 0 aromatic heterocycles. The molecule has 5 heteroatoms. The Balaban J connectivity index is 2.25. The molecule has 1 saturated carbocycles. The summed E-state index contributed by atoms with van der Waals surface area (Å²) in [4.78, 5) is 12.8. The fourth-order valence-corrected chi connectivity index (χ4v) is 3.19. The lowest BCUT2D eigenvalue weighted by molar-refractivity contribution is 0.0923. The minimum atomic E-state index is -0.504. The molecule has 1 amide bonds. The van der Waals surface area contributed by atoms with Gasteiger partial charge in [-0.25, -0.2) is 0 Å². The number of carbonyl (C=O) groups is 1. The van der Waals surface area contributed by atoms with Gasteiger partial charge in [0, 0.05) is 4.47 Å². The Morgan fingerprint density at radius 1 is 1.42 bits per heavy atom. The van der Waals surface area contributed by atoms with E-state index in [-0.39, 0.29) is 5.91 Å². The number of carbonyl (C=O) groups excluding carboxylic acids is 1. The van der Waals surface area contributed by atoms with Gasteiger partial charge in [0.25, 0.3) is 5.91 Å². The minimum absolute atomic E-state index is 0.120. The van der Waals surface area contributed by atoms with E-state index in [2.05, 4.69) is 21.2 Å². The predicted octanol–water partition coefficient (Wildman–Crippen LogP) is 3.09. The zero-order valence-electron chi connectivity index (χ0n) is 10.8. The van der Waals surface area contributed by atoms with Crippen molar-refractivity contribution >= 4 is 39.0 Å². The first-order chi connectivity index (χ1) is 8.94. The van der Waals surface area contributed by atoms with Crippen molar-refractivity contribution in [2.24, 2.45) is 5.73 Å². The van der Waals surface area contributed by atoms with E-state index < -0.39 is 5.54 Å². The van der Waals surface area contributed by atoms with E-state index in [0.29, 0.717) is 10.6 Å². The highest BCUT2D eigenvalue weighted by Gasteiger charge is 2.38. The summed E-state index contributed by atoms with van der Waals surface area (Å²) < 4.78 is 0.784. The number of halogens is 1. The van der Waals surface area contributed by atoms with Crippen LogP contribution in [0.25, 0.3) is 0 Å². The van der Waals surface area contributed by atoms with Gasteiger partial charge in [0.05, 0.1) is 16.1 Å². The van der Waals surface area contributed by atoms with Gasteiger partial charge in [-0.3, -0.25) is 4.79 Å². The van der Waals surface area contributed by atoms with Crippen molar-refractivity contribution in [3.63, 3.8) is 0 Å². The number of nitrogens with one attached hydrogen (secondary N) is 1. The molecule has 1 aromatic rings. The lowest BCUT2D eigenvalue weighted by atomic mass is 9.96. The molecule has 0 saturated heterocycles. The highest BCUT2D eigenvalue weighted by atomic mass is 79.9. The normalized spacial score (nSPS) is 17.2. The fraction of sp³-hybridized carbons (Fsp3) is 0.429. The second kappa shape index (κ2) is 5.59. The molecule has 3 N–H and O–H groups in total. The van der Waals surface area contributed by atoms with Crippen molar-refractivity contribution in [3.05, 3.63) is 33.8 Å². The lowest BCUT2D eigenvalue weighted by Gasteiger charge is -2.29. The van der Waals surface area contributed by atoms with E-state index in [1.54, 1.807) is 0 Å². The lowest BCUT2D eigenvalue weighted by Crippen LogP contribution is -2.54. The molecule has 0 heterocycles. The summed E-state index contributed by atoms with van der Waals surface area (Å²) in [5, 5.41) is 3.04. The Morgan fingerprint density at radius 3 is 2.63 bits per heavy atom. The summed E-state index contributed by atoms with van der Waals surface area (Å²) in [6.45, 7) is 1.96. The topological polar surface area (TPSA) is 55.1 Å². The fourth-order valence-electron chi connectivity index (χ4n) is 2.51. The molecule has 1 aliphatic carbocycles. The molecule has 1 aromatic carbocycles. The number of aryl methyl sites for hydroxylation is 1. The maximum Gasteiger partial charge on any atom is 0.253 e. The summed E-state index contributed by atoms with van der Waals surface area (Å²) in [7, 11) is 0. The molecule has 0 radical (unpaired) electrons. The second-order valence-corrected chi connectivity index (χ2v) is 6.39. The summed E-state index contributed by atoms with van der Waals surface area (Å²) >= 11 is 8.56. The summed E-state index contributed by atoms with van der Waals surface area (Å²) in [5.74, 6) is -0.120. The van der Waals surface area contributed by atoms with Crippen molar-refractivity contribution in [2.75, 3.05) is 0 Å². The van der Waals surface area contributed by atoms with Crippen molar-refractivity contribution in [1.29, 1.82) is 0 Å². The van der Waals surface area contributed by atoms with Crippen LogP contribution in [0.1, 0.15) is 41.6 Å². The zero-order valence-corrected chi connectivity index (χ0v) is 13.2. The van der Waals surface area contributed by atoms with Gasteiger partial charge in [-0.2, -0.15) is 0 Å². The Kier molecular flexibility index (Phi) is 4.26. The van der Waals surface area contributed by atoms with Gasteiger partial charge in [-0.15, -0.1) is 0 Å². The van der Waals surface area contributed by atoms with Gasteiger partial charge in [0.1, 0.15) is 0 Å². The van der Waals surface area contributed by atoms with Crippen LogP contribution in [0, 0.1) is 6.92 Å². The van der Waals surface area contributed by atoms with E-state index in [1.165, 1.54) is 0 Å². The van der Waals surface area contributed by atoms with Gasteiger partial charge in [-0.1, -0.05) is 36.7 Å². The second-order valence-electron chi connectivity index (χ2n) is 5.09. The van der Waals surface area contributed by atoms with Crippen LogP contribution in [-0.2, 0) is 0 Å². The van der Waals surface area contributed by atoms with E-state index in [4.69, 9.17) is 18.0 Å². The maximum atomic E-state index is 12.4. The Bertz CT molecular complexity index is 524. The quantitative estimate of drug-likeness (QED) is 0.831.